The first-order chi connectivity index (χ1) is 13.8. The fourth-order valence-electron chi connectivity index (χ4n) is 3.81. The van der Waals surface area contributed by atoms with E-state index < -0.39 is 6.04 Å². The van der Waals surface area contributed by atoms with Crippen molar-refractivity contribution >= 4 is 17.6 Å². The van der Waals surface area contributed by atoms with E-state index in [4.69, 9.17) is 5.73 Å². The van der Waals surface area contributed by atoms with Crippen LogP contribution >= 0.6 is 0 Å². The number of piperazine rings is 1. The summed E-state index contributed by atoms with van der Waals surface area (Å²) in [7, 11) is 0. The smallest absolute Gasteiger partial charge is 0.254 e. The van der Waals surface area contributed by atoms with Crippen LogP contribution in [0.1, 0.15) is 43.1 Å². The summed E-state index contributed by atoms with van der Waals surface area (Å²) in [5.41, 5.74) is 9.13. The number of nitrogen functional groups attached to an aromatic ring is 1. The van der Waals surface area contributed by atoms with Gasteiger partial charge in [0.15, 0.2) is 0 Å². The maximum atomic E-state index is 13.4. The van der Waals surface area contributed by atoms with E-state index in [-0.39, 0.29) is 11.8 Å². The van der Waals surface area contributed by atoms with E-state index in [1.807, 2.05) is 49.1 Å². The predicted octanol–water partition coefficient (Wildman–Crippen LogP) is 3.36. The lowest BCUT2D eigenvalue weighted by Crippen LogP contribution is -2.58. The summed E-state index contributed by atoms with van der Waals surface area (Å²) in [5, 5.41) is 0. The molecule has 1 fully saturated rings. The third-order valence-electron chi connectivity index (χ3n) is 5.48. The van der Waals surface area contributed by atoms with Gasteiger partial charge < -0.3 is 15.5 Å². The predicted molar refractivity (Wildman–Crippen MR) is 115 cm³/mol. The minimum absolute atomic E-state index is 0.0512. The van der Waals surface area contributed by atoms with Crippen molar-refractivity contribution in [2.45, 2.75) is 40.2 Å². The normalized spacial score (nSPS) is 17.1. The monoisotopic (exact) mass is 394 g/mol. The standard InChI is InChI=1S/C23H30N4O2/c1-5-26-9-10-27(20(23(26)29)11-15(2)3)22(28)18-8-6-7-17(13-18)19-12-16(4)21(24)25-14-19/h6-8,12-15,20H,5,9-11H2,1-4H3,(H2,24,25). The van der Waals surface area contributed by atoms with Crippen molar-refractivity contribution in [2.75, 3.05) is 25.4 Å². The fourth-order valence-corrected chi connectivity index (χ4v) is 3.81. The summed E-state index contributed by atoms with van der Waals surface area (Å²) in [6, 6.07) is 9.08. The number of hydrogen-bond donors (Lipinski definition) is 1. The Morgan fingerprint density at radius 3 is 2.66 bits per heavy atom. The van der Waals surface area contributed by atoms with Crippen LogP contribution in [0.25, 0.3) is 11.1 Å². The molecule has 1 aliphatic rings. The first-order valence-corrected chi connectivity index (χ1v) is 10.2. The molecule has 0 spiro atoms. The molecular formula is C23H30N4O2. The Balaban J connectivity index is 1.90. The summed E-state index contributed by atoms with van der Waals surface area (Å²) >= 11 is 0. The lowest BCUT2D eigenvalue weighted by molar-refractivity contribution is -0.140. The lowest BCUT2D eigenvalue weighted by Gasteiger charge is -2.41. The molecule has 6 heteroatoms. The highest BCUT2D eigenvalue weighted by Crippen LogP contribution is 2.25. The van der Waals surface area contributed by atoms with Gasteiger partial charge in [-0.2, -0.15) is 0 Å². The molecule has 2 amide bonds. The van der Waals surface area contributed by atoms with Crippen LogP contribution in [0.2, 0.25) is 0 Å². The van der Waals surface area contributed by atoms with Gasteiger partial charge in [0, 0.05) is 37.0 Å². The molecular weight excluding hydrogens is 364 g/mol. The maximum Gasteiger partial charge on any atom is 0.254 e. The molecule has 1 aromatic carbocycles. The number of nitrogens with zero attached hydrogens (tertiary/aromatic N) is 3. The van der Waals surface area contributed by atoms with Gasteiger partial charge in [0.2, 0.25) is 5.91 Å². The number of pyridine rings is 1. The van der Waals surface area contributed by atoms with Gasteiger partial charge in [-0.15, -0.1) is 0 Å². The number of likely N-dealkylation sites (N-methyl/N-ethyl adjacent to an activating group) is 1. The first-order valence-electron chi connectivity index (χ1n) is 10.2. The average molecular weight is 395 g/mol. The van der Waals surface area contributed by atoms with Crippen LogP contribution in [0.4, 0.5) is 5.82 Å². The zero-order valence-corrected chi connectivity index (χ0v) is 17.7. The highest BCUT2D eigenvalue weighted by Gasteiger charge is 2.37. The zero-order valence-electron chi connectivity index (χ0n) is 17.7. The van der Waals surface area contributed by atoms with Gasteiger partial charge in [0.25, 0.3) is 5.91 Å². The molecule has 1 aromatic heterocycles. The van der Waals surface area contributed by atoms with Crippen LogP contribution in [0.3, 0.4) is 0 Å². The molecule has 0 saturated carbocycles. The van der Waals surface area contributed by atoms with Crippen LogP contribution in [0.15, 0.2) is 36.5 Å². The summed E-state index contributed by atoms with van der Waals surface area (Å²) in [6.07, 6.45) is 2.39. The molecule has 2 N–H and O–H groups in total. The van der Waals surface area contributed by atoms with Crippen LogP contribution in [-0.2, 0) is 4.79 Å². The van der Waals surface area contributed by atoms with Crippen molar-refractivity contribution < 1.29 is 9.59 Å². The van der Waals surface area contributed by atoms with Gasteiger partial charge in [0.1, 0.15) is 11.9 Å². The van der Waals surface area contributed by atoms with Crippen molar-refractivity contribution in [2.24, 2.45) is 5.92 Å². The lowest BCUT2D eigenvalue weighted by atomic mass is 9.97. The number of anilines is 1. The number of nitrogens with two attached hydrogens (primary N) is 1. The minimum Gasteiger partial charge on any atom is -0.383 e. The third kappa shape index (κ3) is 4.42. The highest BCUT2D eigenvalue weighted by molar-refractivity contribution is 5.99. The molecule has 0 radical (unpaired) electrons. The van der Waals surface area contributed by atoms with E-state index >= 15 is 0 Å². The Kier molecular flexibility index (Phi) is 6.20. The van der Waals surface area contributed by atoms with Crippen molar-refractivity contribution in [3.63, 3.8) is 0 Å². The molecule has 1 aliphatic heterocycles. The third-order valence-corrected chi connectivity index (χ3v) is 5.48. The Morgan fingerprint density at radius 1 is 1.24 bits per heavy atom. The molecule has 154 valence electrons. The highest BCUT2D eigenvalue weighted by atomic mass is 16.2. The molecule has 29 heavy (non-hydrogen) atoms. The summed E-state index contributed by atoms with van der Waals surface area (Å²) in [4.78, 5) is 34.1. The van der Waals surface area contributed by atoms with Crippen molar-refractivity contribution in [1.29, 1.82) is 0 Å². The number of aryl methyl sites for hydroxylation is 1. The second-order valence-corrected chi connectivity index (χ2v) is 8.07. The number of rotatable bonds is 5. The van der Waals surface area contributed by atoms with E-state index in [1.54, 1.807) is 11.1 Å². The minimum atomic E-state index is -0.403. The van der Waals surface area contributed by atoms with Crippen LogP contribution < -0.4 is 5.73 Å². The molecule has 2 heterocycles. The SMILES string of the molecule is CCN1CCN(C(=O)c2cccc(-c3cnc(N)c(C)c3)c2)C(CC(C)C)C1=O. The van der Waals surface area contributed by atoms with Crippen molar-refractivity contribution in [1.82, 2.24) is 14.8 Å². The van der Waals surface area contributed by atoms with Crippen LogP contribution in [-0.4, -0.2) is 52.3 Å². The summed E-state index contributed by atoms with van der Waals surface area (Å²) < 4.78 is 0. The molecule has 1 saturated heterocycles. The second kappa shape index (κ2) is 8.64. The molecule has 1 atom stereocenters. The van der Waals surface area contributed by atoms with Crippen LogP contribution in [0.5, 0.6) is 0 Å². The number of hydrogen-bond acceptors (Lipinski definition) is 4. The zero-order chi connectivity index (χ0) is 21.1. The van der Waals surface area contributed by atoms with Gasteiger partial charge in [-0.1, -0.05) is 26.0 Å². The van der Waals surface area contributed by atoms with Crippen molar-refractivity contribution in [3.8, 4) is 11.1 Å². The Bertz CT molecular complexity index is 910. The topological polar surface area (TPSA) is 79.5 Å². The molecule has 0 bridgehead atoms. The molecule has 1 unspecified atom stereocenters. The summed E-state index contributed by atoms with van der Waals surface area (Å²) in [5.74, 6) is 0.785. The quantitative estimate of drug-likeness (QED) is 0.843. The molecule has 3 rings (SSSR count). The van der Waals surface area contributed by atoms with Gasteiger partial charge in [-0.05, 0) is 55.5 Å². The van der Waals surface area contributed by atoms with Gasteiger partial charge >= 0.3 is 0 Å². The van der Waals surface area contributed by atoms with Gasteiger partial charge in [-0.3, -0.25) is 9.59 Å². The summed E-state index contributed by atoms with van der Waals surface area (Å²) in [6.45, 7) is 9.87. The molecule has 0 aliphatic carbocycles. The Hall–Kier alpha value is -2.89. The van der Waals surface area contributed by atoms with E-state index in [0.29, 0.717) is 43.4 Å². The largest absolute Gasteiger partial charge is 0.383 e. The number of amides is 2. The average Bonchev–Trinajstić information content (AvgIpc) is 2.71. The number of aromatic nitrogens is 1. The van der Waals surface area contributed by atoms with Gasteiger partial charge in [0.05, 0.1) is 0 Å². The number of benzene rings is 1. The van der Waals surface area contributed by atoms with E-state index in [1.165, 1.54) is 0 Å². The van der Waals surface area contributed by atoms with E-state index in [0.717, 1.165) is 16.7 Å². The number of carbonyl (C=O) groups is 2. The van der Waals surface area contributed by atoms with Crippen molar-refractivity contribution in [3.05, 3.63) is 47.7 Å². The number of carbonyl (C=O) groups excluding carboxylic acids is 2. The van der Waals surface area contributed by atoms with E-state index in [9.17, 15) is 9.59 Å². The molecule has 6 nitrogen and oxygen atoms in total. The van der Waals surface area contributed by atoms with Crippen LogP contribution in [0, 0.1) is 12.8 Å². The second-order valence-electron chi connectivity index (χ2n) is 8.07. The van der Waals surface area contributed by atoms with Gasteiger partial charge in [-0.25, -0.2) is 4.98 Å². The van der Waals surface area contributed by atoms with E-state index in [2.05, 4.69) is 18.8 Å². The Labute approximate surface area is 172 Å². The fraction of sp³-hybridized carbons (Fsp3) is 0.435. The first kappa shape index (κ1) is 20.8. The molecule has 2 aromatic rings. The Morgan fingerprint density at radius 2 is 2.00 bits per heavy atom. The maximum absolute atomic E-state index is 13.4.